The van der Waals surface area contributed by atoms with E-state index in [1.807, 2.05) is 4.90 Å². The third kappa shape index (κ3) is 13.6. The van der Waals surface area contributed by atoms with E-state index in [9.17, 15) is 4.79 Å². The number of unbranched alkanes of at least 4 members (excludes halogenated alkanes) is 4. The van der Waals surface area contributed by atoms with Gasteiger partial charge in [0, 0.05) is 19.5 Å². The van der Waals surface area contributed by atoms with Gasteiger partial charge in [-0.3, -0.25) is 9.69 Å². The average molecular weight is 299 g/mol. The lowest BCUT2D eigenvalue weighted by molar-refractivity contribution is -0.142. The number of carbonyl (C=O) groups is 1. The smallest absolute Gasteiger partial charge is 0.306 e. The van der Waals surface area contributed by atoms with Crippen LogP contribution < -0.4 is 0 Å². The fourth-order valence-electron chi connectivity index (χ4n) is 1.83. The molecule has 0 bridgehead atoms. The predicted molar refractivity (Wildman–Crippen MR) is 82.7 cm³/mol. The second-order valence-electron chi connectivity index (χ2n) is 4.90. The minimum absolute atomic E-state index is 0.0364. The lowest BCUT2D eigenvalue weighted by Gasteiger charge is -2.16. The molecule has 0 amide bonds. The van der Waals surface area contributed by atoms with E-state index in [2.05, 4.69) is 18.8 Å². The third-order valence-electron chi connectivity index (χ3n) is 3.05. The second kappa shape index (κ2) is 15.3. The third-order valence-corrected chi connectivity index (χ3v) is 3.05. The Morgan fingerprint density at radius 3 is 2.33 bits per heavy atom. The molecule has 0 saturated carbocycles. The van der Waals surface area contributed by atoms with Crippen LogP contribution in [0, 0.1) is 11.8 Å². The standard InChI is InChI=1S/C16H29NO4/c1-2-3-4-5-6-9-16(20)21-15-8-7-10-17(11-13-18)12-14-19/h18-19H,2-6,9-15H2,1H3. The Bertz CT molecular complexity index is 303. The van der Waals surface area contributed by atoms with Crippen LogP contribution in [0.1, 0.15) is 45.4 Å². The van der Waals surface area contributed by atoms with Gasteiger partial charge >= 0.3 is 5.97 Å². The number of rotatable bonds is 12. The quantitative estimate of drug-likeness (QED) is 0.322. The molecule has 0 aromatic carbocycles. The van der Waals surface area contributed by atoms with Crippen molar-refractivity contribution in [3.63, 3.8) is 0 Å². The van der Waals surface area contributed by atoms with Gasteiger partial charge in [0.15, 0.2) is 6.61 Å². The highest BCUT2D eigenvalue weighted by atomic mass is 16.5. The number of hydrogen-bond donors (Lipinski definition) is 2. The van der Waals surface area contributed by atoms with Gasteiger partial charge in [0.25, 0.3) is 0 Å². The molecular formula is C16H29NO4. The zero-order valence-corrected chi connectivity index (χ0v) is 13.1. The summed E-state index contributed by atoms with van der Waals surface area (Å²) >= 11 is 0. The number of ether oxygens (including phenoxy) is 1. The molecule has 0 fully saturated rings. The Balaban J connectivity index is 3.63. The second-order valence-corrected chi connectivity index (χ2v) is 4.90. The highest BCUT2D eigenvalue weighted by molar-refractivity contribution is 5.69. The van der Waals surface area contributed by atoms with Crippen LogP contribution in [0.2, 0.25) is 0 Å². The minimum atomic E-state index is -0.191. The Hall–Kier alpha value is -1.09. The Labute approximate surface area is 128 Å². The maximum atomic E-state index is 11.4. The van der Waals surface area contributed by atoms with Gasteiger partial charge in [0.1, 0.15) is 0 Å². The van der Waals surface area contributed by atoms with Gasteiger partial charge in [-0.15, -0.1) is 0 Å². The summed E-state index contributed by atoms with van der Waals surface area (Å²) in [5.74, 6) is 5.46. The molecule has 0 aliphatic heterocycles. The van der Waals surface area contributed by atoms with E-state index in [1.165, 1.54) is 19.3 Å². The zero-order chi connectivity index (χ0) is 15.8. The largest absolute Gasteiger partial charge is 0.452 e. The Morgan fingerprint density at radius 1 is 1.05 bits per heavy atom. The van der Waals surface area contributed by atoms with Crippen molar-refractivity contribution in [1.82, 2.24) is 4.90 Å². The summed E-state index contributed by atoms with van der Waals surface area (Å²) in [5, 5.41) is 17.7. The maximum Gasteiger partial charge on any atom is 0.306 e. The van der Waals surface area contributed by atoms with Crippen LogP contribution in [0.4, 0.5) is 0 Å². The number of nitrogens with zero attached hydrogens (tertiary/aromatic N) is 1. The van der Waals surface area contributed by atoms with E-state index in [-0.39, 0.29) is 25.8 Å². The molecule has 0 radical (unpaired) electrons. The first-order valence-electron chi connectivity index (χ1n) is 7.80. The van der Waals surface area contributed by atoms with E-state index in [4.69, 9.17) is 14.9 Å². The van der Waals surface area contributed by atoms with Crippen molar-refractivity contribution >= 4 is 5.97 Å². The molecule has 0 aromatic rings. The van der Waals surface area contributed by atoms with Crippen LogP contribution in [0.25, 0.3) is 0 Å². The molecule has 0 rings (SSSR count). The summed E-state index contributed by atoms with van der Waals surface area (Å²) in [6, 6.07) is 0. The molecule has 21 heavy (non-hydrogen) atoms. The SMILES string of the molecule is CCCCCCCC(=O)OCC#CCN(CCO)CCO. The molecule has 0 aliphatic carbocycles. The normalized spacial score (nSPS) is 10.3. The van der Waals surface area contributed by atoms with E-state index >= 15 is 0 Å². The van der Waals surface area contributed by atoms with Crippen LogP contribution >= 0.6 is 0 Å². The first kappa shape index (κ1) is 19.9. The van der Waals surface area contributed by atoms with Gasteiger partial charge in [-0.25, -0.2) is 0 Å². The average Bonchev–Trinajstić information content (AvgIpc) is 2.47. The van der Waals surface area contributed by atoms with Gasteiger partial charge < -0.3 is 14.9 Å². The van der Waals surface area contributed by atoms with E-state index in [0.29, 0.717) is 26.1 Å². The number of aliphatic hydroxyl groups is 2. The van der Waals surface area contributed by atoms with Gasteiger partial charge in [0.05, 0.1) is 19.8 Å². The van der Waals surface area contributed by atoms with Gasteiger partial charge in [-0.05, 0) is 6.42 Å². The number of aliphatic hydroxyl groups excluding tert-OH is 2. The number of esters is 1. The predicted octanol–water partition coefficient (Wildman–Crippen LogP) is 1.18. The van der Waals surface area contributed by atoms with Gasteiger partial charge in [-0.2, -0.15) is 0 Å². The Morgan fingerprint density at radius 2 is 1.71 bits per heavy atom. The van der Waals surface area contributed by atoms with Crippen LogP contribution in [0.3, 0.4) is 0 Å². The molecule has 0 aromatic heterocycles. The molecule has 0 spiro atoms. The van der Waals surface area contributed by atoms with Crippen molar-refractivity contribution in [3.05, 3.63) is 0 Å². The van der Waals surface area contributed by atoms with Crippen LogP contribution in [-0.4, -0.2) is 60.5 Å². The number of hydrogen-bond acceptors (Lipinski definition) is 5. The monoisotopic (exact) mass is 299 g/mol. The molecule has 0 heterocycles. The Kier molecular flexibility index (Phi) is 14.5. The number of carbonyl (C=O) groups excluding carboxylic acids is 1. The summed E-state index contributed by atoms with van der Waals surface area (Å²) in [6.07, 6.45) is 6.02. The summed E-state index contributed by atoms with van der Waals surface area (Å²) in [6.45, 7) is 3.76. The van der Waals surface area contributed by atoms with Gasteiger partial charge in [0.2, 0.25) is 0 Å². The van der Waals surface area contributed by atoms with Crippen molar-refractivity contribution in [1.29, 1.82) is 0 Å². The first-order valence-corrected chi connectivity index (χ1v) is 7.80. The van der Waals surface area contributed by atoms with Crippen molar-refractivity contribution in [2.45, 2.75) is 45.4 Å². The molecule has 0 atom stereocenters. The van der Waals surface area contributed by atoms with Crippen molar-refractivity contribution < 1.29 is 19.7 Å². The molecule has 122 valence electrons. The maximum absolute atomic E-state index is 11.4. The summed E-state index contributed by atoms with van der Waals surface area (Å²) in [4.78, 5) is 13.2. The molecule has 5 nitrogen and oxygen atoms in total. The summed E-state index contributed by atoms with van der Waals surface area (Å²) in [7, 11) is 0. The summed E-state index contributed by atoms with van der Waals surface area (Å²) in [5.41, 5.74) is 0. The first-order chi connectivity index (χ1) is 10.2. The molecule has 5 heteroatoms. The van der Waals surface area contributed by atoms with E-state index in [0.717, 1.165) is 12.8 Å². The topological polar surface area (TPSA) is 70.0 Å². The molecule has 0 aliphatic rings. The fraction of sp³-hybridized carbons (Fsp3) is 0.812. The van der Waals surface area contributed by atoms with E-state index in [1.54, 1.807) is 0 Å². The minimum Gasteiger partial charge on any atom is -0.452 e. The lowest BCUT2D eigenvalue weighted by Crippen LogP contribution is -2.30. The zero-order valence-electron chi connectivity index (χ0n) is 13.1. The van der Waals surface area contributed by atoms with Gasteiger partial charge in [-0.1, -0.05) is 44.4 Å². The molecular weight excluding hydrogens is 270 g/mol. The van der Waals surface area contributed by atoms with Crippen LogP contribution in [0.15, 0.2) is 0 Å². The highest BCUT2D eigenvalue weighted by Gasteiger charge is 2.02. The molecule has 0 unspecified atom stereocenters. The van der Waals surface area contributed by atoms with Crippen molar-refractivity contribution in [2.75, 3.05) is 39.5 Å². The highest BCUT2D eigenvalue weighted by Crippen LogP contribution is 2.05. The van der Waals surface area contributed by atoms with Crippen LogP contribution in [0.5, 0.6) is 0 Å². The van der Waals surface area contributed by atoms with Crippen molar-refractivity contribution in [2.24, 2.45) is 0 Å². The fourth-order valence-corrected chi connectivity index (χ4v) is 1.83. The molecule has 0 saturated heterocycles. The van der Waals surface area contributed by atoms with E-state index < -0.39 is 0 Å². The van der Waals surface area contributed by atoms with Crippen LogP contribution in [-0.2, 0) is 9.53 Å². The molecule has 2 N–H and O–H groups in total. The van der Waals surface area contributed by atoms with Crippen molar-refractivity contribution in [3.8, 4) is 11.8 Å². The lowest BCUT2D eigenvalue weighted by atomic mass is 10.1. The summed E-state index contributed by atoms with van der Waals surface area (Å²) < 4.78 is 5.02.